The monoisotopic (exact) mass is 371 g/mol. The van der Waals surface area contributed by atoms with Gasteiger partial charge in [-0.25, -0.2) is 8.42 Å². The Morgan fingerprint density at radius 3 is 2.46 bits per heavy atom. The second-order valence-corrected chi connectivity index (χ2v) is 10.1. The molecule has 0 bridgehead atoms. The van der Waals surface area contributed by atoms with E-state index in [-0.39, 0.29) is 5.91 Å². The van der Waals surface area contributed by atoms with Gasteiger partial charge in [-0.1, -0.05) is 0 Å². The van der Waals surface area contributed by atoms with Gasteiger partial charge in [-0.05, 0) is 38.7 Å². The Kier molecular flexibility index (Phi) is 5.29. The summed E-state index contributed by atoms with van der Waals surface area (Å²) in [6, 6.07) is 1.76. The minimum Gasteiger partial charge on any atom is -0.355 e. The molecule has 1 aromatic heterocycles. The zero-order valence-electron chi connectivity index (χ0n) is 14.2. The third-order valence-corrected chi connectivity index (χ3v) is 7.72. The number of aryl methyl sites for hydroxylation is 2. The van der Waals surface area contributed by atoms with Crippen molar-refractivity contribution in [3.63, 3.8) is 0 Å². The fraction of sp³-hybridized carbons (Fsp3) is 0.688. The van der Waals surface area contributed by atoms with E-state index in [2.05, 4.69) is 5.32 Å². The molecule has 1 saturated heterocycles. The van der Waals surface area contributed by atoms with Gasteiger partial charge in [-0.15, -0.1) is 11.3 Å². The molecule has 2 heterocycles. The van der Waals surface area contributed by atoms with Gasteiger partial charge in [-0.2, -0.15) is 4.31 Å². The number of amides is 1. The number of sulfonamides is 1. The van der Waals surface area contributed by atoms with Crippen molar-refractivity contribution in [3.05, 3.63) is 15.8 Å². The van der Waals surface area contributed by atoms with E-state index in [4.69, 9.17) is 0 Å². The lowest BCUT2D eigenvalue weighted by atomic mass is 10.3. The number of nitrogens with one attached hydrogen (secondary N) is 1. The predicted octanol–water partition coefficient (Wildman–Crippen LogP) is 1.20. The minimum atomic E-state index is -3.42. The predicted molar refractivity (Wildman–Crippen MR) is 94.7 cm³/mol. The first-order valence-electron chi connectivity index (χ1n) is 8.42. The molecule has 8 heteroatoms. The smallest absolute Gasteiger partial charge is 0.244 e. The Morgan fingerprint density at radius 2 is 1.92 bits per heavy atom. The zero-order valence-corrected chi connectivity index (χ0v) is 15.9. The van der Waals surface area contributed by atoms with Crippen molar-refractivity contribution in [1.29, 1.82) is 0 Å². The summed E-state index contributed by atoms with van der Waals surface area (Å²) in [4.78, 5) is 16.2. The Morgan fingerprint density at radius 1 is 1.25 bits per heavy atom. The highest BCUT2D eigenvalue weighted by molar-refractivity contribution is 7.89. The number of carbonyl (C=O) groups excluding carboxylic acids is 1. The summed E-state index contributed by atoms with van der Waals surface area (Å²) >= 11 is 1.51. The van der Waals surface area contributed by atoms with Crippen LogP contribution in [-0.2, 0) is 14.8 Å². The van der Waals surface area contributed by atoms with Gasteiger partial charge in [0.2, 0.25) is 15.9 Å². The number of thiophene rings is 1. The van der Waals surface area contributed by atoms with Crippen molar-refractivity contribution in [3.8, 4) is 0 Å². The number of rotatable bonds is 6. The summed E-state index contributed by atoms with van der Waals surface area (Å²) in [5.41, 5.74) is 0. The van der Waals surface area contributed by atoms with Crippen LogP contribution in [0.4, 0.5) is 0 Å². The minimum absolute atomic E-state index is 0.0440. The van der Waals surface area contributed by atoms with Gasteiger partial charge in [0, 0.05) is 42.5 Å². The van der Waals surface area contributed by atoms with Crippen molar-refractivity contribution in [2.75, 3.05) is 39.3 Å². The molecule has 0 radical (unpaired) electrons. The third kappa shape index (κ3) is 4.17. The Labute approximate surface area is 147 Å². The van der Waals surface area contributed by atoms with Crippen LogP contribution in [0.3, 0.4) is 0 Å². The Balaban J connectivity index is 1.52. The molecule has 0 atom stereocenters. The number of nitrogens with zero attached hydrogens (tertiary/aromatic N) is 2. The SMILES string of the molecule is Cc1cc(S(=O)(=O)N2CCN(CC(=O)NCC3CC3)CC2)c(C)s1. The zero-order chi connectivity index (χ0) is 17.3. The second-order valence-electron chi connectivity index (χ2n) is 6.71. The maximum Gasteiger partial charge on any atom is 0.244 e. The largest absolute Gasteiger partial charge is 0.355 e. The summed E-state index contributed by atoms with van der Waals surface area (Å²) in [5, 5.41) is 2.96. The van der Waals surface area contributed by atoms with E-state index in [0.29, 0.717) is 43.5 Å². The number of hydrogen-bond donors (Lipinski definition) is 1. The van der Waals surface area contributed by atoms with Gasteiger partial charge in [0.25, 0.3) is 0 Å². The molecule has 24 heavy (non-hydrogen) atoms. The van der Waals surface area contributed by atoms with Gasteiger partial charge < -0.3 is 5.32 Å². The lowest BCUT2D eigenvalue weighted by Gasteiger charge is -2.33. The molecule has 134 valence electrons. The number of piperazine rings is 1. The van der Waals surface area contributed by atoms with Crippen LogP contribution >= 0.6 is 11.3 Å². The molecular weight excluding hydrogens is 346 g/mol. The molecule has 0 unspecified atom stereocenters. The maximum atomic E-state index is 12.8. The van der Waals surface area contributed by atoms with Gasteiger partial charge in [0.05, 0.1) is 11.4 Å². The molecule has 1 aliphatic carbocycles. The number of hydrogen-bond acceptors (Lipinski definition) is 5. The average molecular weight is 372 g/mol. The van der Waals surface area contributed by atoms with Crippen molar-refractivity contribution < 1.29 is 13.2 Å². The van der Waals surface area contributed by atoms with E-state index in [1.807, 2.05) is 18.7 Å². The quantitative estimate of drug-likeness (QED) is 0.816. The summed E-state index contributed by atoms with van der Waals surface area (Å²) in [7, 11) is -3.42. The Bertz CT molecular complexity index is 702. The van der Waals surface area contributed by atoms with Crippen molar-refractivity contribution in [1.82, 2.24) is 14.5 Å². The van der Waals surface area contributed by atoms with E-state index in [0.717, 1.165) is 16.3 Å². The van der Waals surface area contributed by atoms with E-state index in [1.165, 1.54) is 24.2 Å². The fourth-order valence-electron chi connectivity index (χ4n) is 2.97. The van der Waals surface area contributed by atoms with Crippen LogP contribution in [0, 0.1) is 19.8 Å². The summed E-state index contributed by atoms with van der Waals surface area (Å²) in [5.74, 6) is 0.718. The molecule has 0 aromatic carbocycles. The molecule has 0 spiro atoms. The number of carbonyl (C=O) groups is 1. The van der Waals surface area contributed by atoms with Crippen LogP contribution in [0.25, 0.3) is 0 Å². The standard InChI is InChI=1S/C16H25N3O3S2/c1-12-9-15(13(2)23-12)24(21,22)19-7-5-18(6-8-19)11-16(20)17-10-14-3-4-14/h9,14H,3-8,10-11H2,1-2H3,(H,17,20). The summed E-state index contributed by atoms with van der Waals surface area (Å²) in [6.45, 7) is 6.98. The summed E-state index contributed by atoms with van der Waals surface area (Å²) in [6.07, 6.45) is 2.44. The first-order valence-corrected chi connectivity index (χ1v) is 10.7. The highest BCUT2D eigenvalue weighted by Crippen LogP contribution is 2.28. The molecule has 2 fully saturated rings. The molecule has 1 amide bonds. The molecule has 1 aromatic rings. The molecule has 3 rings (SSSR count). The normalized spacial score (nSPS) is 20.2. The van der Waals surface area contributed by atoms with Crippen LogP contribution in [0.1, 0.15) is 22.6 Å². The van der Waals surface area contributed by atoms with Gasteiger partial charge in [0.15, 0.2) is 0 Å². The van der Waals surface area contributed by atoms with Gasteiger partial charge >= 0.3 is 0 Å². The van der Waals surface area contributed by atoms with Crippen LogP contribution in [0.15, 0.2) is 11.0 Å². The lowest BCUT2D eigenvalue weighted by Crippen LogP contribution is -2.51. The lowest BCUT2D eigenvalue weighted by molar-refractivity contribution is -0.122. The van der Waals surface area contributed by atoms with E-state index < -0.39 is 10.0 Å². The molecule has 1 aliphatic heterocycles. The highest BCUT2D eigenvalue weighted by atomic mass is 32.2. The van der Waals surface area contributed by atoms with Gasteiger partial charge in [0.1, 0.15) is 0 Å². The first kappa shape index (κ1) is 17.8. The average Bonchev–Trinajstić information content (AvgIpc) is 3.29. The van der Waals surface area contributed by atoms with E-state index in [9.17, 15) is 13.2 Å². The molecule has 6 nitrogen and oxygen atoms in total. The molecule has 1 N–H and O–H groups in total. The van der Waals surface area contributed by atoms with Crippen LogP contribution in [0.2, 0.25) is 0 Å². The maximum absolute atomic E-state index is 12.8. The molecule has 1 saturated carbocycles. The fourth-order valence-corrected chi connectivity index (χ4v) is 5.92. The molecular formula is C16H25N3O3S2. The van der Waals surface area contributed by atoms with Crippen LogP contribution in [0.5, 0.6) is 0 Å². The summed E-state index contributed by atoms with van der Waals surface area (Å²) < 4.78 is 27.1. The molecule has 2 aliphatic rings. The topological polar surface area (TPSA) is 69.7 Å². The first-order chi connectivity index (χ1) is 11.4. The van der Waals surface area contributed by atoms with Crippen molar-refractivity contribution in [2.45, 2.75) is 31.6 Å². The van der Waals surface area contributed by atoms with Crippen LogP contribution < -0.4 is 5.32 Å². The highest BCUT2D eigenvalue weighted by Gasteiger charge is 2.31. The Hall–Kier alpha value is -0.960. The van der Waals surface area contributed by atoms with E-state index in [1.54, 1.807) is 10.4 Å². The van der Waals surface area contributed by atoms with Gasteiger partial charge in [-0.3, -0.25) is 9.69 Å². The van der Waals surface area contributed by atoms with Crippen LogP contribution in [-0.4, -0.2) is 62.8 Å². The third-order valence-electron chi connectivity index (χ3n) is 4.60. The van der Waals surface area contributed by atoms with Crippen molar-refractivity contribution >= 4 is 27.3 Å². The van der Waals surface area contributed by atoms with E-state index >= 15 is 0 Å². The van der Waals surface area contributed by atoms with Crippen molar-refractivity contribution in [2.24, 2.45) is 5.92 Å². The second kappa shape index (κ2) is 7.11.